The van der Waals surface area contributed by atoms with Crippen LogP contribution < -0.4 is 0 Å². The Balaban J connectivity index is 2.95. The van der Waals surface area contributed by atoms with Crippen LogP contribution in [0, 0.1) is 21.7 Å². The fraction of sp³-hybridized carbons (Fsp3) is 0.915. The number of esters is 4. The van der Waals surface area contributed by atoms with E-state index in [0.717, 1.165) is 19.5 Å². The third-order valence-corrected chi connectivity index (χ3v) is 10.3. The van der Waals surface area contributed by atoms with Crippen LogP contribution in [0.1, 0.15) is 193 Å². The fourth-order valence-corrected chi connectivity index (χ4v) is 6.20. The third-order valence-electron chi connectivity index (χ3n) is 10.3. The first-order valence-corrected chi connectivity index (χ1v) is 22.7. The van der Waals surface area contributed by atoms with Gasteiger partial charge >= 0.3 is 23.9 Å². The molecule has 5 atom stereocenters. The van der Waals surface area contributed by atoms with Gasteiger partial charge in [0.1, 0.15) is 12.7 Å². The molecule has 1 fully saturated rings. The molecular weight excluding hydrogens is 739 g/mol. The molecule has 0 spiro atoms. The lowest BCUT2D eigenvalue weighted by atomic mass is 9.93. The Kier molecular flexibility index (Phi) is 24.3. The van der Waals surface area contributed by atoms with E-state index in [9.17, 15) is 19.2 Å². The van der Waals surface area contributed by atoms with Crippen LogP contribution in [0.3, 0.4) is 0 Å². The summed E-state index contributed by atoms with van der Waals surface area (Å²) >= 11 is 0. The molecule has 0 radical (unpaired) electrons. The molecule has 1 aliphatic rings. The highest BCUT2D eigenvalue weighted by atomic mass is 16.7. The molecule has 1 rings (SSSR count). The normalized spacial score (nSPS) is 20.5. The Morgan fingerprint density at radius 2 is 0.845 bits per heavy atom. The monoisotopic (exact) mass is 826 g/mol. The Labute approximate surface area is 354 Å². The zero-order chi connectivity index (χ0) is 44.2. The predicted molar refractivity (Wildman–Crippen MR) is 230 cm³/mol. The molecule has 11 heteroatoms. The first-order chi connectivity index (χ1) is 26.9. The second-order valence-corrected chi connectivity index (χ2v) is 20.7. The van der Waals surface area contributed by atoms with Gasteiger partial charge in [0.15, 0.2) is 24.6 Å². The second-order valence-electron chi connectivity index (χ2n) is 20.7. The quantitative estimate of drug-likeness (QED) is 0.0470. The average Bonchev–Trinajstić information content (AvgIpc) is 3.10. The summed E-state index contributed by atoms with van der Waals surface area (Å²) in [6.45, 7) is 24.7. The molecule has 0 aromatic rings. The van der Waals surface area contributed by atoms with Gasteiger partial charge in [-0.2, -0.15) is 0 Å². The van der Waals surface area contributed by atoms with Crippen LogP contribution in [0.4, 0.5) is 0 Å². The molecule has 0 saturated carbocycles. The van der Waals surface area contributed by atoms with Crippen molar-refractivity contribution in [2.75, 3.05) is 33.4 Å². The summed E-state index contributed by atoms with van der Waals surface area (Å²) in [5.74, 6) is -2.25. The van der Waals surface area contributed by atoms with Crippen LogP contribution in [0.5, 0.6) is 0 Å². The summed E-state index contributed by atoms with van der Waals surface area (Å²) in [4.78, 5) is 55.6. The van der Waals surface area contributed by atoms with Gasteiger partial charge in [0.05, 0.1) is 21.7 Å². The largest absolute Gasteiger partial charge is 0.462 e. The molecule has 58 heavy (non-hydrogen) atoms. The van der Waals surface area contributed by atoms with E-state index in [1.807, 2.05) is 0 Å². The van der Waals surface area contributed by atoms with Crippen LogP contribution in [-0.2, 0) is 47.6 Å². The predicted octanol–water partition coefficient (Wildman–Crippen LogP) is 10.4. The SMILES string of the molecule is CCCCCCCCCCCCCCCCN(C)CCCCO[C@@H]1O[C@H](COC(=O)C(C)(C)C)[C@@H](OC(=O)C(C)(C)C)[C@H](OC(=O)C(C)(C)C)[C@H]1OC(=O)C(C)(C)C. The molecule has 11 nitrogen and oxygen atoms in total. The van der Waals surface area contributed by atoms with Gasteiger partial charge < -0.3 is 33.3 Å². The van der Waals surface area contributed by atoms with Gasteiger partial charge in [0, 0.05) is 6.61 Å². The van der Waals surface area contributed by atoms with Crippen LogP contribution in [0.2, 0.25) is 0 Å². The zero-order valence-corrected chi connectivity index (χ0v) is 39.6. The fourth-order valence-electron chi connectivity index (χ4n) is 6.20. The zero-order valence-electron chi connectivity index (χ0n) is 39.6. The van der Waals surface area contributed by atoms with Crippen molar-refractivity contribution < 1.29 is 47.6 Å². The number of carbonyl (C=O) groups excluding carboxylic acids is 4. The van der Waals surface area contributed by atoms with Crippen molar-refractivity contribution in [1.29, 1.82) is 0 Å². The van der Waals surface area contributed by atoms with E-state index in [4.69, 9.17) is 28.4 Å². The number of nitrogens with zero attached hydrogens (tertiary/aromatic N) is 1. The van der Waals surface area contributed by atoms with Crippen molar-refractivity contribution in [3.8, 4) is 0 Å². The topological polar surface area (TPSA) is 127 Å². The summed E-state index contributed by atoms with van der Waals surface area (Å²) in [6.07, 6.45) is 14.2. The third kappa shape index (κ3) is 21.8. The highest BCUT2D eigenvalue weighted by molar-refractivity contribution is 5.78. The standard InChI is InChI=1S/C47H87NO10/c1-15-16-17-18-19-20-21-22-23-24-25-26-27-28-31-48(14)32-29-30-33-53-39-38(58-43(52)47(11,12)13)37(57-42(51)46(8,9)10)36(56-41(50)45(5,6)7)35(55-39)34-54-40(49)44(2,3)4/h35-39H,15-34H2,1-14H3/t35-,36-,37+,38-,39-/m1/s1. The molecule has 0 unspecified atom stereocenters. The molecule has 1 heterocycles. The molecule has 1 aliphatic heterocycles. The summed E-state index contributed by atoms with van der Waals surface area (Å²) in [7, 11) is 2.14. The minimum absolute atomic E-state index is 0.266. The van der Waals surface area contributed by atoms with E-state index in [2.05, 4.69) is 18.9 Å². The number of rotatable bonds is 26. The van der Waals surface area contributed by atoms with Crippen LogP contribution >= 0.6 is 0 Å². The Bertz CT molecular complexity index is 1190. The molecule has 0 N–H and O–H groups in total. The number of unbranched alkanes of at least 4 members (excludes halogenated alkanes) is 14. The highest BCUT2D eigenvalue weighted by Gasteiger charge is 2.55. The first-order valence-electron chi connectivity index (χ1n) is 22.7. The maximum atomic E-state index is 13.5. The maximum Gasteiger partial charge on any atom is 0.311 e. The first kappa shape index (κ1) is 53.8. The van der Waals surface area contributed by atoms with Gasteiger partial charge in [0.2, 0.25) is 0 Å². The van der Waals surface area contributed by atoms with Gasteiger partial charge in [-0.3, -0.25) is 19.2 Å². The smallest absolute Gasteiger partial charge is 0.311 e. The Morgan fingerprint density at radius 3 is 1.26 bits per heavy atom. The summed E-state index contributed by atoms with van der Waals surface area (Å²) in [6, 6.07) is 0. The average molecular weight is 826 g/mol. The van der Waals surface area contributed by atoms with E-state index in [1.54, 1.807) is 83.1 Å². The molecule has 0 aliphatic carbocycles. The minimum Gasteiger partial charge on any atom is -0.462 e. The van der Waals surface area contributed by atoms with Gasteiger partial charge in [0.25, 0.3) is 0 Å². The molecule has 1 saturated heterocycles. The second kappa shape index (κ2) is 26.2. The minimum atomic E-state index is -1.32. The van der Waals surface area contributed by atoms with Crippen molar-refractivity contribution in [3.63, 3.8) is 0 Å². The lowest BCUT2D eigenvalue weighted by Gasteiger charge is -2.45. The van der Waals surface area contributed by atoms with E-state index in [0.29, 0.717) is 6.42 Å². The number of hydrogen-bond acceptors (Lipinski definition) is 11. The molecule has 340 valence electrons. The van der Waals surface area contributed by atoms with Crippen LogP contribution in [0.25, 0.3) is 0 Å². The van der Waals surface area contributed by atoms with Gasteiger partial charge in [-0.25, -0.2) is 0 Å². The highest BCUT2D eigenvalue weighted by Crippen LogP contribution is 2.34. The summed E-state index contributed by atoms with van der Waals surface area (Å²) < 4.78 is 36.6. The van der Waals surface area contributed by atoms with Gasteiger partial charge in [-0.1, -0.05) is 90.4 Å². The molecule has 0 aromatic carbocycles. The molecule has 0 bridgehead atoms. The Morgan fingerprint density at radius 1 is 0.483 bits per heavy atom. The van der Waals surface area contributed by atoms with Crippen molar-refractivity contribution in [2.24, 2.45) is 21.7 Å². The Hall–Kier alpha value is -2.24. The maximum absolute atomic E-state index is 13.5. The summed E-state index contributed by atoms with van der Waals surface area (Å²) in [5.41, 5.74) is -3.61. The van der Waals surface area contributed by atoms with Crippen LogP contribution in [0.15, 0.2) is 0 Å². The number of hydrogen-bond donors (Lipinski definition) is 0. The van der Waals surface area contributed by atoms with Crippen molar-refractivity contribution in [3.05, 3.63) is 0 Å². The van der Waals surface area contributed by atoms with E-state index < -0.39 is 76.2 Å². The lowest BCUT2D eigenvalue weighted by molar-refractivity contribution is -0.312. The van der Waals surface area contributed by atoms with Gasteiger partial charge in [-0.15, -0.1) is 0 Å². The van der Waals surface area contributed by atoms with Crippen LogP contribution in [-0.4, -0.2) is 92.8 Å². The van der Waals surface area contributed by atoms with Crippen molar-refractivity contribution in [1.82, 2.24) is 4.90 Å². The van der Waals surface area contributed by atoms with Crippen molar-refractivity contribution in [2.45, 2.75) is 223 Å². The van der Waals surface area contributed by atoms with E-state index in [1.165, 1.54) is 89.9 Å². The van der Waals surface area contributed by atoms with Gasteiger partial charge in [-0.05, 0) is 122 Å². The number of carbonyl (C=O) groups is 4. The van der Waals surface area contributed by atoms with Crippen molar-refractivity contribution >= 4 is 23.9 Å². The molecule has 0 amide bonds. The molecular formula is C47H87NO10. The molecule has 0 aromatic heterocycles. The number of ether oxygens (including phenoxy) is 6. The summed E-state index contributed by atoms with van der Waals surface area (Å²) in [5, 5.41) is 0. The lowest BCUT2D eigenvalue weighted by Crippen LogP contribution is -2.64. The van der Waals surface area contributed by atoms with E-state index >= 15 is 0 Å². The van der Waals surface area contributed by atoms with E-state index in [-0.39, 0.29) is 13.2 Å².